The number of anilines is 1. The monoisotopic (exact) mass is 270 g/mol. The summed E-state index contributed by atoms with van der Waals surface area (Å²) in [7, 11) is 0. The molecule has 0 unspecified atom stereocenters. The summed E-state index contributed by atoms with van der Waals surface area (Å²) in [4.78, 5) is 0. The van der Waals surface area contributed by atoms with Crippen LogP contribution in [0.5, 0.6) is 11.5 Å². The predicted octanol–water partition coefficient (Wildman–Crippen LogP) is 2.10. The zero-order valence-electron chi connectivity index (χ0n) is 7.44. The maximum absolute atomic E-state index is 9.64. The normalized spacial score (nSPS) is 10.5. The third-order valence-electron chi connectivity index (χ3n) is 1.89. The number of nitrogen functional groups attached to an aromatic ring is 1. The number of nitrogens with two attached hydrogens (primary N) is 1. The standard InChI is InChI=1S/C9H7BrN2O3/c10-4-1-2-6(13)9(14)8(4)5-3-7(11)15-12-5/h1-3,13-14H,11H2. The molecular formula is C9H7BrN2O3. The van der Waals surface area contributed by atoms with Crippen molar-refractivity contribution in [2.24, 2.45) is 0 Å². The molecule has 0 amide bonds. The Bertz CT molecular complexity index is 510. The Labute approximate surface area is 93.2 Å². The molecule has 2 rings (SSSR count). The lowest BCUT2D eigenvalue weighted by Gasteiger charge is -2.04. The molecule has 4 N–H and O–H groups in total. The topological polar surface area (TPSA) is 92.5 Å². The highest BCUT2D eigenvalue weighted by atomic mass is 79.9. The molecule has 5 nitrogen and oxygen atoms in total. The Kier molecular flexibility index (Phi) is 2.28. The lowest BCUT2D eigenvalue weighted by atomic mass is 10.1. The van der Waals surface area contributed by atoms with E-state index in [1.165, 1.54) is 12.1 Å². The Hall–Kier alpha value is -1.69. The van der Waals surface area contributed by atoms with Crippen molar-refractivity contribution in [1.82, 2.24) is 5.16 Å². The number of aromatic nitrogens is 1. The van der Waals surface area contributed by atoms with E-state index in [0.29, 0.717) is 15.7 Å². The van der Waals surface area contributed by atoms with E-state index in [9.17, 15) is 10.2 Å². The second-order valence-electron chi connectivity index (χ2n) is 2.90. The highest BCUT2D eigenvalue weighted by molar-refractivity contribution is 9.10. The van der Waals surface area contributed by atoms with Crippen LogP contribution in [0.25, 0.3) is 11.3 Å². The maximum Gasteiger partial charge on any atom is 0.222 e. The quantitative estimate of drug-likeness (QED) is 0.690. The SMILES string of the molecule is Nc1cc(-c2c(Br)ccc(O)c2O)no1. The number of benzene rings is 1. The van der Waals surface area contributed by atoms with Gasteiger partial charge >= 0.3 is 0 Å². The molecule has 0 aliphatic heterocycles. The summed E-state index contributed by atoms with van der Waals surface area (Å²) in [5.41, 5.74) is 6.06. The second kappa shape index (κ2) is 3.47. The van der Waals surface area contributed by atoms with E-state index in [0.717, 1.165) is 0 Å². The van der Waals surface area contributed by atoms with Crippen molar-refractivity contribution < 1.29 is 14.7 Å². The minimum atomic E-state index is -0.266. The number of phenols is 2. The van der Waals surface area contributed by atoms with E-state index < -0.39 is 0 Å². The van der Waals surface area contributed by atoms with Crippen molar-refractivity contribution in [3.63, 3.8) is 0 Å². The fourth-order valence-electron chi connectivity index (χ4n) is 1.21. The van der Waals surface area contributed by atoms with Crippen molar-refractivity contribution in [2.75, 3.05) is 5.73 Å². The molecule has 78 valence electrons. The Morgan fingerprint density at radius 1 is 1.33 bits per heavy atom. The third-order valence-corrected chi connectivity index (χ3v) is 2.55. The summed E-state index contributed by atoms with van der Waals surface area (Å²) < 4.78 is 5.27. The minimum Gasteiger partial charge on any atom is -0.504 e. The number of nitrogens with zero attached hydrogens (tertiary/aromatic N) is 1. The first kappa shape index (κ1) is 9.85. The van der Waals surface area contributed by atoms with Gasteiger partial charge in [0.25, 0.3) is 0 Å². The van der Waals surface area contributed by atoms with Gasteiger partial charge in [-0.1, -0.05) is 5.16 Å². The number of rotatable bonds is 1. The van der Waals surface area contributed by atoms with E-state index in [1.807, 2.05) is 0 Å². The number of hydrogen-bond acceptors (Lipinski definition) is 5. The molecule has 0 aliphatic carbocycles. The second-order valence-corrected chi connectivity index (χ2v) is 3.76. The van der Waals surface area contributed by atoms with Crippen LogP contribution in [0.2, 0.25) is 0 Å². The van der Waals surface area contributed by atoms with Crippen molar-refractivity contribution in [3.8, 4) is 22.8 Å². The van der Waals surface area contributed by atoms with Crippen LogP contribution in [-0.4, -0.2) is 15.4 Å². The van der Waals surface area contributed by atoms with E-state index >= 15 is 0 Å². The van der Waals surface area contributed by atoms with Crippen molar-refractivity contribution in [1.29, 1.82) is 0 Å². The van der Waals surface area contributed by atoms with Crippen molar-refractivity contribution in [3.05, 3.63) is 22.7 Å². The molecule has 0 bridgehead atoms. The first-order chi connectivity index (χ1) is 7.09. The van der Waals surface area contributed by atoms with E-state index in [4.69, 9.17) is 5.73 Å². The van der Waals surface area contributed by atoms with Gasteiger partial charge in [0.2, 0.25) is 5.88 Å². The fraction of sp³-hybridized carbons (Fsp3) is 0. The van der Waals surface area contributed by atoms with Crippen LogP contribution < -0.4 is 5.73 Å². The van der Waals surface area contributed by atoms with Crippen LogP contribution in [0.1, 0.15) is 0 Å². The smallest absolute Gasteiger partial charge is 0.222 e. The molecular weight excluding hydrogens is 264 g/mol. The molecule has 1 aromatic carbocycles. The summed E-state index contributed by atoms with van der Waals surface area (Å²) >= 11 is 3.23. The third kappa shape index (κ3) is 1.63. The van der Waals surface area contributed by atoms with Gasteiger partial charge in [-0.05, 0) is 28.1 Å². The van der Waals surface area contributed by atoms with Crippen molar-refractivity contribution >= 4 is 21.8 Å². The number of phenolic OH excluding ortho intramolecular Hbond substituents is 2. The van der Waals surface area contributed by atoms with Gasteiger partial charge in [-0.2, -0.15) is 0 Å². The van der Waals surface area contributed by atoms with E-state index in [2.05, 4.69) is 25.6 Å². The average molecular weight is 271 g/mol. The lowest BCUT2D eigenvalue weighted by molar-refractivity contribution is 0.403. The number of halogens is 1. The average Bonchev–Trinajstić information content (AvgIpc) is 2.59. The van der Waals surface area contributed by atoms with Gasteiger partial charge in [0, 0.05) is 10.5 Å². The van der Waals surface area contributed by atoms with Crippen molar-refractivity contribution in [2.45, 2.75) is 0 Å². The molecule has 0 aliphatic rings. The summed E-state index contributed by atoms with van der Waals surface area (Å²) in [6.07, 6.45) is 0. The molecule has 15 heavy (non-hydrogen) atoms. The Morgan fingerprint density at radius 3 is 2.67 bits per heavy atom. The summed E-state index contributed by atoms with van der Waals surface area (Å²) in [6.45, 7) is 0. The molecule has 0 atom stereocenters. The summed E-state index contributed by atoms with van der Waals surface area (Å²) in [5, 5.41) is 22.6. The lowest BCUT2D eigenvalue weighted by Crippen LogP contribution is -1.82. The maximum atomic E-state index is 9.64. The van der Waals surface area contributed by atoms with Crippen LogP contribution >= 0.6 is 15.9 Å². The molecule has 6 heteroatoms. The molecule has 1 aromatic heterocycles. The number of hydrogen-bond donors (Lipinski definition) is 3. The Morgan fingerprint density at radius 2 is 2.07 bits per heavy atom. The first-order valence-electron chi connectivity index (χ1n) is 4.02. The van der Waals surface area contributed by atoms with E-state index in [1.54, 1.807) is 6.07 Å². The van der Waals surface area contributed by atoms with Crippen LogP contribution in [-0.2, 0) is 0 Å². The number of aromatic hydroxyl groups is 2. The minimum absolute atomic E-state index is 0.139. The zero-order chi connectivity index (χ0) is 11.0. The van der Waals surface area contributed by atoms with Gasteiger partial charge in [0.1, 0.15) is 5.69 Å². The molecule has 0 spiro atoms. The Balaban J connectivity index is 2.66. The van der Waals surface area contributed by atoms with Gasteiger partial charge in [0.15, 0.2) is 11.5 Å². The molecule has 0 saturated heterocycles. The van der Waals surface area contributed by atoms with Crippen LogP contribution in [0, 0.1) is 0 Å². The van der Waals surface area contributed by atoms with Crippen LogP contribution in [0.4, 0.5) is 5.88 Å². The first-order valence-corrected chi connectivity index (χ1v) is 4.82. The fourth-order valence-corrected chi connectivity index (χ4v) is 1.73. The predicted molar refractivity (Wildman–Crippen MR) is 57.4 cm³/mol. The van der Waals surface area contributed by atoms with Gasteiger partial charge < -0.3 is 20.5 Å². The van der Waals surface area contributed by atoms with Gasteiger partial charge in [-0.25, -0.2) is 0 Å². The molecule has 0 fully saturated rings. The van der Waals surface area contributed by atoms with Crippen LogP contribution in [0.15, 0.2) is 27.2 Å². The molecule has 1 heterocycles. The molecule has 0 radical (unpaired) electrons. The van der Waals surface area contributed by atoms with Crippen LogP contribution in [0.3, 0.4) is 0 Å². The highest BCUT2D eigenvalue weighted by Gasteiger charge is 2.16. The largest absolute Gasteiger partial charge is 0.504 e. The van der Waals surface area contributed by atoms with Gasteiger partial charge in [-0.3, -0.25) is 0 Å². The summed E-state index contributed by atoms with van der Waals surface area (Å²) in [6, 6.07) is 4.42. The van der Waals surface area contributed by atoms with Gasteiger partial charge in [-0.15, -0.1) is 0 Å². The molecule has 2 aromatic rings. The zero-order valence-corrected chi connectivity index (χ0v) is 9.02. The van der Waals surface area contributed by atoms with Gasteiger partial charge in [0.05, 0.1) is 5.56 Å². The van der Waals surface area contributed by atoms with E-state index in [-0.39, 0.29) is 17.4 Å². The summed E-state index contributed by atoms with van der Waals surface area (Å²) in [5.74, 6) is -0.355. The molecule has 0 saturated carbocycles. The highest BCUT2D eigenvalue weighted by Crippen LogP contribution is 2.41.